The van der Waals surface area contributed by atoms with Crippen LogP contribution in [0, 0.1) is 5.92 Å². The number of ether oxygens (including phenoxy) is 3. The van der Waals surface area contributed by atoms with Crippen molar-refractivity contribution in [1.29, 1.82) is 0 Å². The van der Waals surface area contributed by atoms with Crippen LogP contribution in [-0.4, -0.2) is 80.6 Å². The largest absolute Gasteiger partial charge is 0.497 e. The van der Waals surface area contributed by atoms with Gasteiger partial charge < -0.3 is 29.3 Å². The summed E-state index contributed by atoms with van der Waals surface area (Å²) in [6.07, 6.45) is -0.269. The minimum atomic E-state index is -0.313. The second-order valence-electron chi connectivity index (χ2n) is 9.16. The Kier molecular flexibility index (Phi) is 8.93. The molecule has 0 unspecified atom stereocenters. The van der Waals surface area contributed by atoms with Crippen molar-refractivity contribution in [2.45, 2.75) is 32.9 Å². The van der Waals surface area contributed by atoms with E-state index < -0.39 is 0 Å². The number of hydrogen-bond donors (Lipinski definition) is 1. The molecule has 2 aromatic rings. The van der Waals surface area contributed by atoms with E-state index in [0.717, 1.165) is 0 Å². The quantitative estimate of drug-likeness (QED) is 0.696. The normalized spacial score (nSPS) is 20.9. The molecule has 2 aromatic carbocycles. The van der Waals surface area contributed by atoms with Crippen LogP contribution in [0.1, 0.15) is 41.5 Å². The molecular formula is C27H35N3O6. The number of hydrogen-bond acceptors (Lipinski definition) is 6. The molecule has 36 heavy (non-hydrogen) atoms. The van der Waals surface area contributed by atoms with Crippen LogP contribution < -0.4 is 14.8 Å². The van der Waals surface area contributed by atoms with E-state index in [1.165, 1.54) is 6.92 Å². The molecule has 0 spiro atoms. The number of nitrogens with one attached hydrogen (secondary N) is 1. The number of anilines is 1. The number of amides is 3. The van der Waals surface area contributed by atoms with Crippen molar-refractivity contribution < 1.29 is 28.6 Å². The highest BCUT2D eigenvalue weighted by molar-refractivity contribution is 6.05. The Hall–Kier alpha value is -3.59. The third-order valence-electron chi connectivity index (χ3n) is 6.46. The van der Waals surface area contributed by atoms with Crippen molar-refractivity contribution in [3.05, 3.63) is 53.6 Å². The van der Waals surface area contributed by atoms with Crippen LogP contribution in [-0.2, 0) is 9.53 Å². The minimum absolute atomic E-state index is 0.00869. The summed E-state index contributed by atoms with van der Waals surface area (Å²) in [6.45, 7) is 6.49. The summed E-state index contributed by atoms with van der Waals surface area (Å²) in [6, 6.07) is 11.5. The second-order valence-corrected chi connectivity index (χ2v) is 9.16. The highest BCUT2D eigenvalue weighted by atomic mass is 16.5. The van der Waals surface area contributed by atoms with Crippen LogP contribution in [0.3, 0.4) is 0 Å². The van der Waals surface area contributed by atoms with Gasteiger partial charge in [-0.25, -0.2) is 0 Å². The number of carbonyl (C=O) groups is 3. The van der Waals surface area contributed by atoms with E-state index in [-0.39, 0.29) is 42.4 Å². The summed E-state index contributed by atoms with van der Waals surface area (Å²) in [5.74, 6) is 0.408. The Labute approximate surface area is 212 Å². The Morgan fingerprint density at radius 2 is 1.75 bits per heavy atom. The average Bonchev–Trinajstić information content (AvgIpc) is 2.87. The lowest BCUT2D eigenvalue weighted by atomic mass is 10.0. The van der Waals surface area contributed by atoms with Crippen molar-refractivity contribution in [2.75, 3.05) is 46.3 Å². The van der Waals surface area contributed by atoms with Gasteiger partial charge in [-0.3, -0.25) is 14.4 Å². The second kappa shape index (κ2) is 11.9. The molecule has 1 aliphatic heterocycles. The molecule has 0 bridgehead atoms. The first-order valence-corrected chi connectivity index (χ1v) is 11.9. The van der Waals surface area contributed by atoms with Gasteiger partial charge in [0.15, 0.2) is 0 Å². The molecule has 3 amide bonds. The zero-order chi connectivity index (χ0) is 26.4. The number of likely N-dealkylation sites (N-methyl/N-ethyl adjacent to an activating group) is 1. The first-order chi connectivity index (χ1) is 17.1. The summed E-state index contributed by atoms with van der Waals surface area (Å²) in [4.78, 5) is 41.9. The molecule has 1 heterocycles. The third kappa shape index (κ3) is 6.34. The van der Waals surface area contributed by atoms with Crippen LogP contribution in [0.15, 0.2) is 42.5 Å². The number of fused-ring (bicyclic) bond motifs is 1. The van der Waals surface area contributed by atoms with Crippen molar-refractivity contribution in [2.24, 2.45) is 5.92 Å². The molecule has 194 valence electrons. The van der Waals surface area contributed by atoms with E-state index in [2.05, 4.69) is 5.32 Å². The molecule has 3 rings (SSSR count). The molecule has 0 saturated carbocycles. The van der Waals surface area contributed by atoms with Crippen LogP contribution in [0.2, 0.25) is 0 Å². The molecule has 0 radical (unpaired) electrons. The first kappa shape index (κ1) is 27.0. The topological polar surface area (TPSA) is 97.4 Å². The van der Waals surface area contributed by atoms with Crippen LogP contribution in [0.5, 0.6) is 11.5 Å². The third-order valence-corrected chi connectivity index (χ3v) is 6.46. The van der Waals surface area contributed by atoms with Gasteiger partial charge >= 0.3 is 0 Å². The Morgan fingerprint density at radius 1 is 1.06 bits per heavy atom. The fraction of sp³-hybridized carbons (Fsp3) is 0.444. The molecule has 0 saturated heterocycles. The fourth-order valence-electron chi connectivity index (χ4n) is 4.24. The van der Waals surface area contributed by atoms with E-state index in [9.17, 15) is 14.4 Å². The Morgan fingerprint density at radius 3 is 2.36 bits per heavy atom. The predicted octanol–water partition coefficient (Wildman–Crippen LogP) is 3.30. The summed E-state index contributed by atoms with van der Waals surface area (Å²) < 4.78 is 16.9. The molecule has 9 heteroatoms. The lowest BCUT2D eigenvalue weighted by Crippen LogP contribution is -2.48. The van der Waals surface area contributed by atoms with Gasteiger partial charge in [0, 0.05) is 51.3 Å². The monoisotopic (exact) mass is 497 g/mol. The van der Waals surface area contributed by atoms with Crippen LogP contribution in [0.4, 0.5) is 5.69 Å². The standard InChI is InChI=1S/C27H35N3O6/c1-17-14-30(19(3)31)18(2)16-36-24-12-9-21(13-23(24)27(33)29(4)15-25(17)35-6)28-26(32)20-7-10-22(34-5)11-8-20/h7-13,17-18,25H,14-16H2,1-6H3,(H,28,32)/t17-,18-,25-/m1/s1. The summed E-state index contributed by atoms with van der Waals surface area (Å²) in [7, 11) is 4.87. The zero-order valence-corrected chi connectivity index (χ0v) is 21.7. The maximum Gasteiger partial charge on any atom is 0.257 e. The van der Waals surface area contributed by atoms with E-state index in [1.54, 1.807) is 73.5 Å². The van der Waals surface area contributed by atoms with Gasteiger partial charge in [0.2, 0.25) is 5.91 Å². The zero-order valence-electron chi connectivity index (χ0n) is 21.7. The molecule has 1 N–H and O–H groups in total. The minimum Gasteiger partial charge on any atom is -0.497 e. The molecule has 0 aromatic heterocycles. The maximum absolute atomic E-state index is 13.5. The van der Waals surface area contributed by atoms with E-state index >= 15 is 0 Å². The summed E-state index contributed by atoms with van der Waals surface area (Å²) >= 11 is 0. The first-order valence-electron chi connectivity index (χ1n) is 11.9. The van der Waals surface area contributed by atoms with Crippen molar-refractivity contribution >= 4 is 23.4 Å². The van der Waals surface area contributed by atoms with E-state index in [0.29, 0.717) is 41.4 Å². The predicted molar refractivity (Wildman–Crippen MR) is 137 cm³/mol. The highest BCUT2D eigenvalue weighted by Crippen LogP contribution is 2.27. The summed E-state index contributed by atoms with van der Waals surface area (Å²) in [5, 5.41) is 2.84. The van der Waals surface area contributed by atoms with Crippen LogP contribution >= 0.6 is 0 Å². The van der Waals surface area contributed by atoms with Crippen molar-refractivity contribution in [3.8, 4) is 11.5 Å². The molecule has 3 atom stereocenters. The summed E-state index contributed by atoms with van der Waals surface area (Å²) in [5.41, 5.74) is 1.23. The smallest absolute Gasteiger partial charge is 0.257 e. The maximum atomic E-state index is 13.5. The lowest BCUT2D eigenvalue weighted by molar-refractivity contribution is -0.133. The highest BCUT2D eigenvalue weighted by Gasteiger charge is 2.29. The van der Waals surface area contributed by atoms with Gasteiger partial charge in [0.1, 0.15) is 18.1 Å². The van der Waals surface area contributed by atoms with Gasteiger partial charge in [-0.05, 0) is 49.4 Å². The van der Waals surface area contributed by atoms with Crippen molar-refractivity contribution in [3.63, 3.8) is 0 Å². The molecule has 9 nitrogen and oxygen atoms in total. The molecule has 1 aliphatic rings. The number of benzene rings is 2. The Balaban J connectivity index is 1.92. The van der Waals surface area contributed by atoms with E-state index in [1.807, 2.05) is 13.8 Å². The number of carbonyl (C=O) groups excluding carboxylic acids is 3. The molecule has 0 aliphatic carbocycles. The van der Waals surface area contributed by atoms with Crippen molar-refractivity contribution in [1.82, 2.24) is 9.80 Å². The SMILES string of the molecule is COc1ccc(C(=O)Nc2ccc3c(c2)C(=O)N(C)C[C@@H](OC)[C@H](C)CN(C(C)=O)[C@H](C)CO3)cc1. The van der Waals surface area contributed by atoms with E-state index in [4.69, 9.17) is 14.2 Å². The molecular weight excluding hydrogens is 462 g/mol. The van der Waals surface area contributed by atoms with Crippen LogP contribution in [0.25, 0.3) is 0 Å². The Bertz CT molecular complexity index is 1090. The number of nitrogens with zero attached hydrogens (tertiary/aromatic N) is 2. The average molecular weight is 498 g/mol. The number of methoxy groups -OCH3 is 2. The van der Waals surface area contributed by atoms with Gasteiger partial charge in [0.25, 0.3) is 11.8 Å². The lowest BCUT2D eigenvalue weighted by Gasteiger charge is -2.35. The van der Waals surface area contributed by atoms with Gasteiger partial charge in [-0.2, -0.15) is 0 Å². The van der Waals surface area contributed by atoms with Gasteiger partial charge in [-0.15, -0.1) is 0 Å². The van der Waals surface area contributed by atoms with Gasteiger partial charge in [0.05, 0.1) is 24.8 Å². The fourth-order valence-corrected chi connectivity index (χ4v) is 4.24. The molecule has 0 fully saturated rings. The van der Waals surface area contributed by atoms with Gasteiger partial charge in [-0.1, -0.05) is 6.92 Å². The number of rotatable bonds is 4.